The maximum absolute atomic E-state index is 6.84. The first-order valence-electron chi connectivity index (χ1n) is 19.4. The molecule has 4 heterocycles. The maximum Gasteiger partial charge on any atom is 0.160 e. The molecule has 0 amide bonds. The third-order valence-electron chi connectivity index (χ3n) is 11.3. The summed E-state index contributed by atoms with van der Waals surface area (Å²) in [4.78, 5) is 15.5. The van der Waals surface area contributed by atoms with Gasteiger partial charge in [-0.25, -0.2) is 15.0 Å². The van der Waals surface area contributed by atoms with E-state index in [1.165, 1.54) is 25.6 Å². The lowest BCUT2D eigenvalue weighted by atomic mass is 9.94. The molecular weight excluding hydrogens is 727 g/mol. The molecule has 0 aliphatic rings. The zero-order chi connectivity index (χ0) is 38.2. The highest BCUT2D eigenvalue weighted by molar-refractivity contribution is 7.26. The second-order valence-electron chi connectivity index (χ2n) is 14.7. The summed E-state index contributed by atoms with van der Waals surface area (Å²) in [6, 6.07) is 65.9. The van der Waals surface area contributed by atoms with Crippen molar-refractivity contribution in [3.63, 3.8) is 0 Å². The van der Waals surface area contributed by atoms with E-state index in [-0.39, 0.29) is 0 Å². The first kappa shape index (κ1) is 32.7. The molecule has 0 saturated heterocycles. The summed E-state index contributed by atoms with van der Waals surface area (Å²) in [5.74, 6) is 0.675. The first-order chi connectivity index (χ1) is 28.7. The SMILES string of the molecule is c1ccc(-c2cc(-c3cccc4c3oc3cc(-c5ccc6nc(-c7ccccc7)c7ccc8sc9ccccc9c8c7c6c5)ccc34)nc(-c3ccccc3)n2)cc1. The Kier molecular flexibility index (Phi) is 7.37. The highest BCUT2D eigenvalue weighted by atomic mass is 32.1. The van der Waals surface area contributed by atoms with Gasteiger partial charge in [-0.15, -0.1) is 11.3 Å². The fourth-order valence-corrected chi connectivity index (χ4v) is 9.66. The lowest BCUT2D eigenvalue weighted by Gasteiger charge is -2.13. The Balaban J connectivity index is 1.04. The molecule has 0 atom stereocenters. The largest absolute Gasteiger partial charge is 0.455 e. The van der Waals surface area contributed by atoms with E-state index in [9.17, 15) is 0 Å². The molecule has 4 aromatic heterocycles. The van der Waals surface area contributed by atoms with Gasteiger partial charge in [0.05, 0.1) is 22.6 Å². The van der Waals surface area contributed by atoms with Crippen LogP contribution in [0.1, 0.15) is 0 Å². The van der Waals surface area contributed by atoms with Gasteiger partial charge in [-0.05, 0) is 59.7 Å². The van der Waals surface area contributed by atoms with Crippen LogP contribution in [0.2, 0.25) is 0 Å². The van der Waals surface area contributed by atoms with Gasteiger partial charge in [-0.2, -0.15) is 0 Å². The molecule has 5 heteroatoms. The average molecular weight is 758 g/mol. The van der Waals surface area contributed by atoms with Crippen molar-refractivity contribution in [1.29, 1.82) is 0 Å². The predicted octanol–water partition coefficient (Wildman–Crippen LogP) is 14.8. The van der Waals surface area contributed by atoms with E-state index >= 15 is 0 Å². The highest BCUT2D eigenvalue weighted by Gasteiger charge is 2.19. The van der Waals surface area contributed by atoms with Crippen LogP contribution >= 0.6 is 11.3 Å². The van der Waals surface area contributed by atoms with Crippen LogP contribution in [0.3, 0.4) is 0 Å². The molecule has 0 bridgehead atoms. The Morgan fingerprint density at radius 1 is 0.379 bits per heavy atom. The lowest BCUT2D eigenvalue weighted by molar-refractivity contribution is 0.670. The number of benzene rings is 8. The van der Waals surface area contributed by atoms with E-state index in [1.807, 2.05) is 47.7 Å². The topological polar surface area (TPSA) is 51.8 Å². The third kappa shape index (κ3) is 5.25. The Labute approximate surface area is 337 Å². The normalized spacial score (nSPS) is 11.8. The molecule has 0 unspecified atom stereocenters. The number of thiophene rings is 1. The molecule has 0 aliphatic carbocycles. The number of aromatic nitrogens is 3. The van der Waals surface area contributed by atoms with E-state index in [1.54, 1.807) is 0 Å². The van der Waals surface area contributed by atoms with E-state index in [0.29, 0.717) is 5.82 Å². The maximum atomic E-state index is 6.84. The minimum absolute atomic E-state index is 0.675. The van der Waals surface area contributed by atoms with Crippen molar-refractivity contribution >= 4 is 75.1 Å². The molecule has 0 spiro atoms. The smallest absolute Gasteiger partial charge is 0.160 e. The predicted molar refractivity (Wildman–Crippen MR) is 242 cm³/mol. The van der Waals surface area contributed by atoms with Crippen LogP contribution in [0.5, 0.6) is 0 Å². The molecule has 0 N–H and O–H groups in total. The van der Waals surface area contributed by atoms with Gasteiger partial charge in [-0.3, -0.25) is 0 Å². The molecule has 12 rings (SSSR count). The highest BCUT2D eigenvalue weighted by Crippen LogP contribution is 2.45. The van der Waals surface area contributed by atoms with Crippen molar-refractivity contribution in [2.75, 3.05) is 0 Å². The van der Waals surface area contributed by atoms with E-state index in [4.69, 9.17) is 19.4 Å². The number of hydrogen-bond acceptors (Lipinski definition) is 5. The minimum atomic E-state index is 0.675. The molecular formula is C53H31N3OS. The van der Waals surface area contributed by atoms with E-state index in [0.717, 1.165) is 88.7 Å². The quantitative estimate of drug-likeness (QED) is 0.164. The fourth-order valence-electron chi connectivity index (χ4n) is 8.54. The van der Waals surface area contributed by atoms with Crippen molar-refractivity contribution in [3.05, 3.63) is 188 Å². The summed E-state index contributed by atoms with van der Waals surface area (Å²) in [6.45, 7) is 0. The third-order valence-corrected chi connectivity index (χ3v) is 12.4. The van der Waals surface area contributed by atoms with Crippen LogP contribution in [0.15, 0.2) is 192 Å². The standard InChI is InChI=1S/C53H31N3OS/c1-4-13-32(14-5-1)44-31-45(56-53(55-44)34-17-8-3-9-18-34)39-21-12-20-38-37-25-23-36(30-46(37)57-52(38)39)35-24-27-43-42(29-35)49-41(51(54-43)33-15-6-2-7-16-33)26-28-48-50(49)40-19-10-11-22-47(40)58-48/h1-31H. The van der Waals surface area contributed by atoms with Crippen LogP contribution < -0.4 is 0 Å². The van der Waals surface area contributed by atoms with Gasteiger partial charge < -0.3 is 4.42 Å². The van der Waals surface area contributed by atoms with Gasteiger partial charge in [0.25, 0.3) is 0 Å². The molecule has 8 aromatic carbocycles. The van der Waals surface area contributed by atoms with Gasteiger partial charge in [0.15, 0.2) is 5.82 Å². The molecule has 0 saturated carbocycles. The molecule has 12 aromatic rings. The second-order valence-corrected chi connectivity index (χ2v) is 15.8. The first-order valence-corrected chi connectivity index (χ1v) is 20.2. The van der Waals surface area contributed by atoms with Crippen LogP contribution in [0.25, 0.3) is 120 Å². The van der Waals surface area contributed by atoms with Crippen LogP contribution in [0, 0.1) is 0 Å². The van der Waals surface area contributed by atoms with Crippen LogP contribution in [-0.2, 0) is 0 Å². The number of hydrogen-bond donors (Lipinski definition) is 0. The van der Waals surface area contributed by atoms with Crippen molar-refractivity contribution in [2.45, 2.75) is 0 Å². The Morgan fingerprint density at radius 3 is 1.88 bits per heavy atom. The number of fused-ring (bicyclic) bond motifs is 10. The number of nitrogens with zero attached hydrogens (tertiary/aromatic N) is 3. The van der Waals surface area contributed by atoms with Gasteiger partial charge in [0.1, 0.15) is 11.2 Å². The zero-order valence-electron chi connectivity index (χ0n) is 31.1. The molecule has 0 fully saturated rings. The summed E-state index contributed by atoms with van der Waals surface area (Å²) in [5, 5.41) is 8.21. The average Bonchev–Trinajstić information content (AvgIpc) is 3.87. The summed E-state index contributed by atoms with van der Waals surface area (Å²) in [7, 11) is 0. The molecule has 0 radical (unpaired) electrons. The van der Waals surface area contributed by atoms with Gasteiger partial charge in [-0.1, -0.05) is 140 Å². The van der Waals surface area contributed by atoms with Crippen LogP contribution in [-0.4, -0.2) is 15.0 Å². The van der Waals surface area contributed by atoms with Crippen molar-refractivity contribution < 1.29 is 4.42 Å². The molecule has 0 aliphatic heterocycles. The molecule has 58 heavy (non-hydrogen) atoms. The summed E-state index contributed by atoms with van der Waals surface area (Å²) >= 11 is 1.85. The number of rotatable bonds is 5. The number of para-hydroxylation sites is 1. The van der Waals surface area contributed by atoms with Crippen molar-refractivity contribution in [3.8, 4) is 56.3 Å². The number of pyridine rings is 1. The number of furan rings is 1. The monoisotopic (exact) mass is 757 g/mol. The fraction of sp³-hybridized carbons (Fsp3) is 0. The van der Waals surface area contributed by atoms with Gasteiger partial charge in [0, 0.05) is 69.4 Å². The Bertz CT molecular complexity index is 3500. The summed E-state index contributed by atoms with van der Waals surface area (Å²) < 4.78 is 9.40. The second kappa shape index (κ2) is 13.1. The molecule has 270 valence electrons. The Hall–Kier alpha value is -7.47. The van der Waals surface area contributed by atoms with Gasteiger partial charge >= 0.3 is 0 Å². The van der Waals surface area contributed by atoms with Gasteiger partial charge in [0.2, 0.25) is 0 Å². The Morgan fingerprint density at radius 2 is 1.05 bits per heavy atom. The van der Waals surface area contributed by atoms with E-state index < -0.39 is 0 Å². The van der Waals surface area contributed by atoms with E-state index in [2.05, 4.69) is 152 Å². The zero-order valence-corrected chi connectivity index (χ0v) is 31.9. The van der Waals surface area contributed by atoms with Crippen molar-refractivity contribution in [1.82, 2.24) is 15.0 Å². The molecule has 4 nitrogen and oxygen atoms in total. The minimum Gasteiger partial charge on any atom is -0.455 e. The van der Waals surface area contributed by atoms with Crippen molar-refractivity contribution in [2.24, 2.45) is 0 Å². The summed E-state index contributed by atoms with van der Waals surface area (Å²) in [5.41, 5.74) is 11.5. The lowest BCUT2D eigenvalue weighted by Crippen LogP contribution is -1.96. The van der Waals surface area contributed by atoms with Crippen LogP contribution in [0.4, 0.5) is 0 Å². The summed E-state index contributed by atoms with van der Waals surface area (Å²) in [6.07, 6.45) is 0.